The Balaban J connectivity index is 2.14. The Hall–Kier alpha value is -1.36. The third-order valence-electron chi connectivity index (χ3n) is 1.73. The Labute approximate surface area is 74.7 Å². The maximum atomic E-state index is 11.0. The second-order valence-electron chi connectivity index (χ2n) is 2.95. The number of aryl methyl sites for hydroxylation is 1. The molecule has 5 heteroatoms. The van der Waals surface area contributed by atoms with Crippen molar-refractivity contribution < 1.29 is 9.47 Å². The lowest BCUT2D eigenvalue weighted by atomic mass is 10.3. The quantitative estimate of drug-likeness (QED) is 0.691. The van der Waals surface area contributed by atoms with Crippen LogP contribution in [-0.4, -0.2) is 29.3 Å². The number of rotatable bonds is 2. The van der Waals surface area contributed by atoms with Crippen LogP contribution in [0, 0.1) is 6.92 Å². The Morgan fingerprint density at radius 2 is 2.46 bits per heavy atom. The van der Waals surface area contributed by atoms with E-state index in [-0.39, 0.29) is 11.7 Å². The van der Waals surface area contributed by atoms with Gasteiger partial charge in [0.1, 0.15) is 11.9 Å². The van der Waals surface area contributed by atoms with E-state index in [0.29, 0.717) is 24.9 Å². The van der Waals surface area contributed by atoms with Crippen LogP contribution in [0.25, 0.3) is 0 Å². The number of nitrogens with one attached hydrogen (secondary N) is 1. The summed E-state index contributed by atoms with van der Waals surface area (Å²) in [7, 11) is 0. The highest BCUT2D eigenvalue weighted by Crippen LogP contribution is 2.10. The molecule has 0 saturated carbocycles. The molecule has 1 aromatic heterocycles. The minimum atomic E-state index is -0.192. The Morgan fingerprint density at radius 1 is 1.69 bits per heavy atom. The fourth-order valence-electron chi connectivity index (χ4n) is 1.07. The van der Waals surface area contributed by atoms with E-state index >= 15 is 0 Å². The Kier molecular flexibility index (Phi) is 2.02. The van der Waals surface area contributed by atoms with Crippen molar-refractivity contribution in [3.8, 4) is 5.88 Å². The van der Waals surface area contributed by atoms with Crippen molar-refractivity contribution in [1.82, 2.24) is 9.97 Å². The second-order valence-corrected chi connectivity index (χ2v) is 2.95. The van der Waals surface area contributed by atoms with Gasteiger partial charge in [0.2, 0.25) is 5.88 Å². The fourth-order valence-corrected chi connectivity index (χ4v) is 1.07. The second kappa shape index (κ2) is 3.18. The van der Waals surface area contributed by atoms with Gasteiger partial charge < -0.3 is 14.5 Å². The van der Waals surface area contributed by atoms with Crippen LogP contribution >= 0.6 is 0 Å². The van der Waals surface area contributed by atoms with E-state index in [2.05, 4.69) is 9.97 Å². The molecule has 0 spiro atoms. The lowest BCUT2D eigenvalue weighted by Crippen LogP contribution is -2.39. The standard InChI is InChI=1S/C8H10N2O3/c1-5-9-7(11)2-8(10-5)13-6-3-12-4-6/h2,6H,3-4H2,1H3,(H,9,10,11). The van der Waals surface area contributed by atoms with Gasteiger partial charge in [0.15, 0.2) is 0 Å². The zero-order valence-electron chi connectivity index (χ0n) is 7.24. The normalized spacial score (nSPS) is 16.7. The smallest absolute Gasteiger partial charge is 0.254 e. The molecule has 2 heterocycles. The molecule has 13 heavy (non-hydrogen) atoms. The monoisotopic (exact) mass is 182 g/mol. The largest absolute Gasteiger partial charge is 0.469 e. The van der Waals surface area contributed by atoms with Crippen molar-refractivity contribution in [2.24, 2.45) is 0 Å². The lowest BCUT2D eigenvalue weighted by Gasteiger charge is -2.25. The summed E-state index contributed by atoms with van der Waals surface area (Å²) in [5, 5.41) is 0. The minimum absolute atomic E-state index is 0.0497. The van der Waals surface area contributed by atoms with Crippen molar-refractivity contribution in [1.29, 1.82) is 0 Å². The summed E-state index contributed by atoms with van der Waals surface area (Å²) >= 11 is 0. The number of H-pyrrole nitrogens is 1. The molecule has 0 unspecified atom stereocenters. The lowest BCUT2D eigenvalue weighted by molar-refractivity contribution is -0.0814. The third kappa shape index (κ3) is 1.86. The van der Waals surface area contributed by atoms with Crippen molar-refractivity contribution in [3.63, 3.8) is 0 Å². The molecular weight excluding hydrogens is 172 g/mol. The minimum Gasteiger partial charge on any atom is -0.469 e. The van der Waals surface area contributed by atoms with Gasteiger partial charge in [0.25, 0.3) is 5.56 Å². The Bertz CT molecular complexity index is 357. The summed E-state index contributed by atoms with van der Waals surface area (Å²) in [6, 6.07) is 1.34. The number of ether oxygens (including phenoxy) is 2. The van der Waals surface area contributed by atoms with Gasteiger partial charge in [0, 0.05) is 0 Å². The summed E-state index contributed by atoms with van der Waals surface area (Å²) < 4.78 is 10.3. The topological polar surface area (TPSA) is 64.2 Å². The van der Waals surface area contributed by atoms with Gasteiger partial charge in [-0.15, -0.1) is 0 Å². The number of aromatic nitrogens is 2. The molecule has 0 atom stereocenters. The summed E-state index contributed by atoms with van der Waals surface area (Å²) in [4.78, 5) is 17.6. The number of nitrogens with zero attached hydrogens (tertiary/aromatic N) is 1. The molecule has 0 amide bonds. The maximum Gasteiger partial charge on any atom is 0.254 e. The van der Waals surface area contributed by atoms with Crippen LogP contribution in [0.2, 0.25) is 0 Å². The van der Waals surface area contributed by atoms with Crippen LogP contribution in [0.5, 0.6) is 5.88 Å². The van der Waals surface area contributed by atoms with Gasteiger partial charge in [-0.3, -0.25) is 4.79 Å². The van der Waals surface area contributed by atoms with Gasteiger partial charge >= 0.3 is 0 Å². The molecule has 0 aromatic carbocycles. The molecule has 1 saturated heterocycles. The van der Waals surface area contributed by atoms with Crippen molar-refractivity contribution >= 4 is 0 Å². The van der Waals surface area contributed by atoms with Gasteiger partial charge in [-0.2, -0.15) is 0 Å². The predicted octanol–water partition coefficient (Wildman–Crippen LogP) is -0.144. The zero-order valence-corrected chi connectivity index (χ0v) is 7.24. The van der Waals surface area contributed by atoms with E-state index in [0.717, 1.165) is 0 Å². The van der Waals surface area contributed by atoms with E-state index in [1.54, 1.807) is 6.92 Å². The molecule has 5 nitrogen and oxygen atoms in total. The van der Waals surface area contributed by atoms with Crippen LogP contribution in [0.3, 0.4) is 0 Å². The van der Waals surface area contributed by atoms with E-state index in [4.69, 9.17) is 9.47 Å². The first kappa shape index (κ1) is 8.25. The van der Waals surface area contributed by atoms with Crippen molar-refractivity contribution in [2.75, 3.05) is 13.2 Å². The SMILES string of the molecule is Cc1nc(OC2COC2)cc(=O)[nH]1. The van der Waals surface area contributed by atoms with Crippen LogP contribution in [0.4, 0.5) is 0 Å². The molecular formula is C8H10N2O3. The predicted molar refractivity (Wildman–Crippen MR) is 44.8 cm³/mol. The molecule has 1 fully saturated rings. The van der Waals surface area contributed by atoms with Crippen LogP contribution in [-0.2, 0) is 4.74 Å². The van der Waals surface area contributed by atoms with E-state index in [1.165, 1.54) is 6.07 Å². The molecule has 1 aliphatic rings. The van der Waals surface area contributed by atoms with Gasteiger partial charge in [-0.25, -0.2) is 4.98 Å². The summed E-state index contributed by atoms with van der Waals surface area (Å²) in [6.45, 7) is 2.87. The fraction of sp³-hybridized carbons (Fsp3) is 0.500. The summed E-state index contributed by atoms with van der Waals surface area (Å²) in [5.74, 6) is 0.928. The average molecular weight is 182 g/mol. The highest BCUT2D eigenvalue weighted by molar-refractivity contribution is 5.08. The zero-order chi connectivity index (χ0) is 9.26. The molecule has 70 valence electrons. The highest BCUT2D eigenvalue weighted by Gasteiger charge is 2.20. The van der Waals surface area contributed by atoms with Crippen LogP contribution < -0.4 is 10.3 Å². The third-order valence-corrected chi connectivity index (χ3v) is 1.73. The number of aromatic amines is 1. The summed E-state index contributed by atoms with van der Waals surface area (Å²) in [6.07, 6.45) is 0.0497. The number of hydrogen-bond donors (Lipinski definition) is 1. The summed E-state index contributed by atoms with van der Waals surface area (Å²) in [5.41, 5.74) is -0.192. The first-order valence-electron chi connectivity index (χ1n) is 4.06. The van der Waals surface area contributed by atoms with E-state index in [1.807, 2.05) is 0 Å². The van der Waals surface area contributed by atoms with Crippen LogP contribution in [0.1, 0.15) is 5.82 Å². The first-order chi connectivity index (χ1) is 6.24. The van der Waals surface area contributed by atoms with Gasteiger partial charge in [-0.05, 0) is 6.92 Å². The van der Waals surface area contributed by atoms with Crippen molar-refractivity contribution in [3.05, 3.63) is 22.2 Å². The molecule has 0 radical (unpaired) electrons. The first-order valence-corrected chi connectivity index (χ1v) is 4.06. The molecule has 2 rings (SSSR count). The maximum absolute atomic E-state index is 11.0. The Morgan fingerprint density at radius 3 is 3.00 bits per heavy atom. The van der Waals surface area contributed by atoms with E-state index in [9.17, 15) is 4.79 Å². The molecule has 1 aromatic rings. The molecule has 1 N–H and O–H groups in total. The highest BCUT2D eigenvalue weighted by atomic mass is 16.6. The number of hydrogen-bond acceptors (Lipinski definition) is 4. The van der Waals surface area contributed by atoms with Gasteiger partial charge in [0.05, 0.1) is 19.3 Å². The average Bonchev–Trinajstić information content (AvgIpc) is 1.95. The molecule has 0 bridgehead atoms. The van der Waals surface area contributed by atoms with Crippen molar-refractivity contribution in [2.45, 2.75) is 13.0 Å². The van der Waals surface area contributed by atoms with Crippen LogP contribution in [0.15, 0.2) is 10.9 Å². The van der Waals surface area contributed by atoms with E-state index < -0.39 is 0 Å². The molecule has 0 aliphatic carbocycles. The van der Waals surface area contributed by atoms with Gasteiger partial charge in [-0.1, -0.05) is 0 Å². The molecule has 1 aliphatic heterocycles.